The summed E-state index contributed by atoms with van der Waals surface area (Å²) in [6.07, 6.45) is 2.89. The number of hydrogen-bond donors (Lipinski definition) is 1. The van der Waals surface area contributed by atoms with Crippen molar-refractivity contribution in [2.75, 3.05) is 13.7 Å². The molecule has 0 spiro atoms. The second-order valence-electron chi connectivity index (χ2n) is 5.04. The lowest BCUT2D eigenvalue weighted by atomic mass is 9.79. The molecule has 1 aromatic rings. The number of rotatable bonds is 7. The number of unbranched alkanes of at least 4 members (excludes halogenated alkanes) is 1. The van der Waals surface area contributed by atoms with Crippen molar-refractivity contribution in [3.05, 3.63) is 34.3 Å². The van der Waals surface area contributed by atoms with Gasteiger partial charge < -0.3 is 9.84 Å². The molecule has 0 saturated carbocycles. The topological polar surface area (TPSA) is 46.5 Å². The van der Waals surface area contributed by atoms with Crippen molar-refractivity contribution in [1.29, 1.82) is 0 Å². The number of carbonyl (C=O) groups is 1. The van der Waals surface area contributed by atoms with Gasteiger partial charge in [-0.25, -0.2) is 0 Å². The van der Waals surface area contributed by atoms with Crippen molar-refractivity contribution in [3.8, 4) is 0 Å². The molecule has 1 atom stereocenters. The highest BCUT2D eigenvalue weighted by molar-refractivity contribution is 9.10. The third-order valence-corrected chi connectivity index (χ3v) is 3.79. The fraction of sp³-hybridized carbons (Fsp3) is 0.533. The predicted molar refractivity (Wildman–Crippen MR) is 78.9 cm³/mol. The molecule has 106 valence electrons. The molecule has 19 heavy (non-hydrogen) atoms. The molecule has 0 aliphatic rings. The van der Waals surface area contributed by atoms with Gasteiger partial charge in [0.05, 0.1) is 12.5 Å². The molecule has 0 unspecified atom stereocenters. The minimum Gasteiger partial charge on any atom is -0.469 e. The Bertz CT molecular complexity index is 420. The van der Waals surface area contributed by atoms with Crippen LogP contribution in [0.2, 0.25) is 0 Å². The molecule has 0 radical (unpaired) electrons. The molecule has 0 fully saturated rings. The van der Waals surface area contributed by atoms with Gasteiger partial charge in [-0.15, -0.1) is 0 Å². The molecule has 1 N–H and O–H groups in total. The van der Waals surface area contributed by atoms with Crippen LogP contribution in [0.25, 0.3) is 0 Å². The molecule has 0 aromatic heterocycles. The summed E-state index contributed by atoms with van der Waals surface area (Å²) >= 11 is 3.44. The van der Waals surface area contributed by atoms with E-state index < -0.39 is 5.41 Å². The van der Waals surface area contributed by atoms with Crippen LogP contribution in [0, 0.1) is 5.41 Å². The lowest BCUT2D eigenvalue weighted by Crippen LogP contribution is -2.31. The van der Waals surface area contributed by atoms with Gasteiger partial charge in [-0.3, -0.25) is 4.79 Å². The van der Waals surface area contributed by atoms with Gasteiger partial charge in [0.1, 0.15) is 0 Å². The average molecular weight is 329 g/mol. The first-order valence-corrected chi connectivity index (χ1v) is 7.25. The smallest absolute Gasteiger partial charge is 0.311 e. The Morgan fingerprint density at radius 3 is 2.74 bits per heavy atom. The number of hydrogen-bond acceptors (Lipinski definition) is 3. The highest BCUT2D eigenvalue weighted by Crippen LogP contribution is 2.31. The van der Waals surface area contributed by atoms with Crippen molar-refractivity contribution >= 4 is 21.9 Å². The number of esters is 1. The Morgan fingerprint density at radius 1 is 1.42 bits per heavy atom. The van der Waals surface area contributed by atoms with Crippen LogP contribution in [0.4, 0.5) is 0 Å². The molecule has 0 heterocycles. The number of carbonyl (C=O) groups excluding carboxylic acids is 1. The van der Waals surface area contributed by atoms with Crippen LogP contribution in [-0.4, -0.2) is 24.8 Å². The quantitative estimate of drug-likeness (QED) is 0.616. The summed E-state index contributed by atoms with van der Waals surface area (Å²) in [4.78, 5) is 12.0. The number of ether oxygens (including phenoxy) is 1. The molecule has 4 heteroatoms. The Morgan fingerprint density at radius 2 is 2.16 bits per heavy atom. The Balaban J connectivity index is 2.81. The van der Waals surface area contributed by atoms with E-state index in [-0.39, 0.29) is 12.6 Å². The standard InChI is InChI=1S/C15H21BrO3/c1-15(14(18)19-2,8-3-4-9-17)11-12-6-5-7-13(16)10-12/h5-7,10,17H,3-4,8-9,11H2,1-2H3/t15-/m1/s1. The zero-order valence-corrected chi connectivity index (χ0v) is 13.1. The molecule has 3 nitrogen and oxygen atoms in total. The summed E-state index contributed by atoms with van der Waals surface area (Å²) in [5.74, 6) is -0.189. The van der Waals surface area contributed by atoms with E-state index in [0.717, 1.165) is 16.5 Å². The van der Waals surface area contributed by atoms with Crippen LogP contribution in [0.1, 0.15) is 31.7 Å². The molecule has 0 aliphatic carbocycles. The van der Waals surface area contributed by atoms with Crippen LogP contribution in [0.5, 0.6) is 0 Å². The van der Waals surface area contributed by atoms with Gasteiger partial charge >= 0.3 is 5.97 Å². The highest BCUT2D eigenvalue weighted by atomic mass is 79.9. The average Bonchev–Trinajstić information content (AvgIpc) is 2.38. The first-order chi connectivity index (χ1) is 9.01. The molecule has 0 bridgehead atoms. The summed E-state index contributed by atoms with van der Waals surface area (Å²) in [5.41, 5.74) is 0.566. The molecule has 1 rings (SSSR count). The van der Waals surface area contributed by atoms with Gasteiger partial charge in [-0.1, -0.05) is 34.5 Å². The Kier molecular flexibility index (Phi) is 6.52. The van der Waals surface area contributed by atoms with Gasteiger partial charge in [0, 0.05) is 11.1 Å². The van der Waals surface area contributed by atoms with E-state index in [4.69, 9.17) is 9.84 Å². The second-order valence-corrected chi connectivity index (χ2v) is 5.96. The summed E-state index contributed by atoms with van der Waals surface area (Å²) in [5, 5.41) is 8.86. The predicted octanol–water partition coefficient (Wildman–Crippen LogP) is 3.33. The van der Waals surface area contributed by atoms with Crippen molar-refractivity contribution < 1.29 is 14.6 Å². The first kappa shape index (κ1) is 16.2. The molecule has 0 saturated heterocycles. The van der Waals surface area contributed by atoms with E-state index in [2.05, 4.69) is 15.9 Å². The lowest BCUT2D eigenvalue weighted by molar-refractivity contribution is -0.152. The van der Waals surface area contributed by atoms with E-state index in [9.17, 15) is 4.79 Å². The van der Waals surface area contributed by atoms with Gasteiger partial charge in [0.25, 0.3) is 0 Å². The molecular weight excluding hydrogens is 308 g/mol. The summed E-state index contributed by atoms with van der Waals surface area (Å²) in [7, 11) is 1.42. The zero-order chi connectivity index (χ0) is 14.3. The summed E-state index contributed by atoms with van der Waals surface area (Å²) in [6, 6.07) is 7.96. The third kappa shape index (κ3) is 4.96. The molecule has 1 aromatic carbocycles. The van der Waals surface area contributed by atoms with Gasteiger partial charge in [0.2, 0.25) is 0 Å². The maximum Gasteiger partial charge on any atom is 0.311 e. The van der Waals surface area contributed by atoms with Gasteiger partial charge in [0.15, 0.2) is 0 Å². The summed E-state index contributed by atoms with van der Waals surface area (Å²) in [6.45, 7) is 2.09. The minimum atomic E-state index is -0.537. The monoisotopic (exact) mass is 328 g/mol. The molecule has 0 amide bonds. The van der Waals surface area contributed by atoms with E-state index in [1.54, 1.807) is 0 Å². The Hall–Kier alpha value is -0.870. The maximum atomic E-state index is 12.0. The SMILES string of the molecule is COC(=O)[C@](C)(CCCCO)Cc1cccc(Br)c1. The van der Waals surface area contributed by atoms with E-state index >= 15 is 0 Å². The Labute approximate surface area is 123 Å². The number of aliphatic hydroxyl groups is 1. The number of halogens is 1. The van der Waals surface area contributed by atoms with E-state index in [1.165, 1.54) is 7.11 Å². The second kappa shape index (κ2) is 7.65. The largest absolute Gasteiger partial charge is 0.469 e. The van der Waals surface area contributed by atoms with Gasteiger partial charge in [-0.2, -0.15) is 0 Å². The normalized spacial score (nSPS) is 13.9. The van der Waals surface area contributed by atoms with Crippen LogP contribution in [-0.2, 0) is 16.0 Å². The van der Waals surface area contributed by atoms with E-state index in [1.807, 2.05) is 31.2 Å². The van der Waals surface area contributed by atoms with Crippen LogP contribution < -0.4 is 0 Å². The van der Waals surface area contributed by atoms with Crippen molar-refractivity contribution in [1.82, 2.24) is 0 Å². The maximum absolute atomic E-state index is 12.0. The third-order valence-electron chi connectivity index (χ3n) is 3.30. The number of aliphatic hydroxyl groups excluding tert-OH is 1. The van der Waals surface area contributed by atoms with Crippen LogP contribution in [0.15, 0.2) is 28.7 Å². The van der Waals surface area contributed by atoms with Crippen molar-refractivity contribution in [2.45, 2.75) is 32.6 Å². The van der Waals surface area contributed by atoms with Crippen LogP contribution in [0.3, 0.4) is 0 Å². The highest BCUT2D eigenvalue weighted by Gasteiger charge is 2.33. The van der Waals surface area contributed by atoms with Crippen LogP contribution >= 0.6 is 15.9 Å². The summed E-state index contributed by atoms with van der Waals surface area (Å²) < 4.78 is 5.94. The fourth-order valence-electron chi connectivity index (χ4n) is 2.23. The number of benzene rings is 1. The lowest BCUT2D eigenvalue weighted by Gasteiger charge is -2.26. The molecular formula is C15H21BrO3. The first-order valence-electron chi connectivity index (χ1n) is 6.45. The minimum absolute atomic E-state index is 0.161. The van der Waals surface area contributed by atoms with Gasteiger partial charge in [-0.05, 0) is 43.9 Å². The van der Waals surface area contributed by atoms with Crippen molar-refractivity contribution in [3.63, 3.8) is 0 Å². The zero-order valence-electron chi connectivity index (χ0n) is 11.5. The number of methoxy groups -OCH3 is 1. The van der Waals surface area contributed by atoms with E-state index in [0.29, 0.717) is 19.3 Å². The van der Waals surface area contributed by atoms with Crippen molar-refractivity contribution in [2.24, 2.45) is 5.41 Å². The molecule has 0 aliphatic heterocycles. The fourth-order valence-corrected chi connectivity index (χ4v) is 2.68.